The van der Waals surface area contributed by atoms with E-state index in [1.807, 2.05) is 6.07 Å². The van der Waals surface area contributed by atoms with E-state index in [1.54, 1.807) is 12.1 Å². The Balaban J connectivity index is 2.17. The summed E-state index contributed by atoms with van der Waals surface area (Å²) in [6.07, 6.45) is 0. The van der Waals surface area contributed by atoms with E-state index >= 15 is 0 Å². The summed E-state index contributed by atoms with van der Waals surface area (Å²) in [6.45, 7) is 3.72. The fraction of sp³-hybridized carbons (Fsp3) is 0.385. The van der Waals surface area contributed by atoms with Gasteiger partial charge < -0.3 is 14.9 Å². The Morgan fingerprint density at radius 3 is 2.44 bits per heavy atom. The second-order valence-electron chi connectivity index (χ2n) is 4.47. The Kier molecular flexibility index (Phi) is 3.62. The number of nitrogens with zero attached hydrogens (tertiary/aromatic N) is 2. The average Bonchev–Trinajstić information content (AvgIpc) is 2.38. The van der Waals surface area contributed by atoms with E-state index in [0.717, 1.165) is 31.9 Å². The van der Waals surface area contributed by atoms with Gasteiger partial charge in [0.2, 0.25) is 0 Å². The molecule has 1 N–H and O–H groups in total. The van der Waals surface area contributed by atoms with Crippen molar-refractivity contribution in [2.24, 2.45) is 0 Å². The highest BCUT2D eigenvalue weighted by Crippen LogP contribution is 2.18. The highest BCUT2D eigenvalue weighted by atomic mass is 16.4. The number of Topliss-reactive ketones (excluding diaryl/α,β-unsaturated/α-hetero) is 1. The number of ketones is 1. The largest absolute Gasteiger partial charge is 0.475 e. The van der Waals surface area contributed by atoms with Crippen LogP contribution in [0.15, 0.2) is 24.3 Å². The molecule has 0 atom stereocenters. The van der Waals surface area contributed by atoms with E-state index in [9.17, 15) is 9.59 Å². The van der Waals surface area contributed by atoms with Gasteiger partial charge in [-0.3, -0.25) is 4.79 Å². The first-order chi connectivity index (χ1) is 8.58. The zero-order valence-corrected chi connectivity index (χ0v) is 10.3. The summed E-state index contributed by atoms with van der Waals surface area (Å²) < 4.78 is 0. The van der Waals surface area contributed by atoms with Crippen molar-refractivity contribution in [2.45, 2.75) is 0 Å². The van der Waals surface area contributed by atoms with Crippen LogP contribution >= 0.6 is 0 Å². The lowest BCUT2D eigenvalue weighted by Crippen LogP contribution is -2.44. The van der Waals surface area contributed by atoms with Crippen molar-refractivity contribution in [3.63, 3.8) is 0 Å². The highest BCUT2D eigenvalue weighted by molar-refractivity contribution is 6.39. The van der Waals surface area contributed by atoms with E-state index in [1.165, 1.54) is 6.07 Å². The third kappa shape index (κ3) is 2.68. The van der Waals surface area contributed by atoms with E-state index in [-0.39, 0.29) is 5.56 Å². The Hall–Kier alpha value is -1.88. The Bertz CT molecular complexity index is 465. The van der Waals surface area contributed by atoms with Gasteiger partial charge in [0.15, 0.2) is 0 Å². The number of piperazine rings is 1. The van der Waals surface area contributed by atoms with Crippen LogP contribution in [-0.4, -0.2) is 55.0 Å². The maximum atomic E-state index is 11.4. The van der Waals surface area contributed by atoms with Crippen LogP contribution in [0.4, 0.5) is 5.69 Å². The zero-order chi connectivity index (χ0) is 13.1. The number of carbonyl (C=O) groups is 2. The number of carbonyl (C=O) groups excluding carboxylic acids is 1. The minimum Gasteiger partial charge on any atom is -0.475 e. The molecule has 0 aromatic heterocycles. The van der Waals surface area contributed by atoms with Crippen molar-refractivity contribution in [2.75, 3.05) is 38.1 Å². The second-order valence-corrected chi connectivity index (χ2v) is 4.47. The molecule has 0 aliphatic carbocycles. The van der Waals surface area contributed by atoms with E-state index in [0.29, 0.717) is 0 Å². The summed E-state index contributed by atoms with van der Waals surface area (Å²) in [5.41, 5.74) is 1.15. The topological polar surface area (TPSA) is 60.9 Å². The summed E-state index contributed by atoms with van der Waals surface area (Å²) in [6, 6.07) is 6.82. The van der Waals surface area contributed by atoms with Gasteiger partial charge in [0.1, 0.15) is 0 Å². The minimum absolute atomic E-state index is 0.235. The number of aliphatic carboxylic acids is 1. The van der Waals surface area contributed by atoms with Gasteiger partial charge in [-0.05, 0) is 19.2 Å². The predicted octanol–water partition coefficient (Wildman–Crippen LogP) is 0.706. The first kappa shape index (κ1) is 12.6. The average molecular weight is 248 g/mol. The maximum absolute atomic E-state index is 11.4. The van der Waals surface area contributed by atoms with Crippen molar-refractivity contribution >= 4 is 17.4 Å². The van der Waals surface area contributed by atoms with Crippen LogP contribution in [0, 0.1) is 0 Å². The number of likely N-dealkylation sites (N-methyl/N-ethyl adjacent to an activating group) is 1. The molecule has 1 aromatic carbocycles. The van der Waals surface area contributed by atoms with Gasteiger partial charge in [-0.15, -0.1) is 0 Å². The van der Waals surface area contributed by atoms with Crippen molar-refractivity contribution in [1.29, 1.82) is 0 Å². The van der Waals surface area contributed by atoms with E-state index in [2.05, 4.69) is 16.8 Å². The predicted molar refractivity (Wildman–Crippen MR) is 68.1 cm³/mol. The summed E-state index contributed by atoms with van der Waals surface area (Å²) in [7, 11) is 2.07. The molecule has 1 heterocycles. The van der Waals surface area contributed by atoms with Gasteiger partial charge >= 0.3 is 5.97 Å². The van der Waals surface area contributed by atoms with Gasteiger partial charge in [0, 0.05) is 37.4 Å². The normalized spacial score (nSPS) is 16.6. The Labute approximate surface area is 106 Å². The third-order valence-electron chi connectivity index (χ3n) is 3.17. The molecule has 0 radical (unpaired) electrons. The first-order valence-corrected chi connectivity index (χ1v) is 5.89. The quantitative estimate of drug-likeness (QED) is 0.630. The SMILES string of the molecule is CN1CCN(c2cccc(C(=O)C(=O)O)c2)CC1. The number of hydrogen-bond donors (Lipinski definition) is 1. The number of carboxylic acid groups (broad SMARTS) is 1. The molecule has 1 aromatic rings. The first-order valence-electron chi connectivity index (χ1n) is 5.89. The molecule has 0 amide bonds. The van der Waals surface area contributed by atoms with Gasteiger partial charge in [0.25, 0.3) is 5.78 Å². The highest BCUT2D eigenvalue weighted by Gasteiger charge is 2.18. The summed E-state index contributed by atoms with van der Waals surface area (Å²) in [5.74, 6) is -2.27. The van der Waals surface area contributed by atoms with Crippen LogP contribution < -0.4 is 4.90 Å². The number of hydrogen-bond acceptors (Lipinski definition) is 4. The Morgan fingerprint density at radius 2 is 1.83 bits per heavy atom. The monoisotopic (exact) mass is 248 g/mol. The number of rotatable bonds is 3. The molecule has 5 nitrogen and oxygen atoms in total. The fourth-order valence-electron chi connectivity index (χ4n) is 2.03. The van der Waals surface area contributed by atoms with Crippen molar-refractivity contribution in [3.8, 4) is 0 Å². The Morgan fingerprint density at radius 1 is 1.17 bits per heavy atom. The van der Waals surface area contributed by atoms with Gasteiger partial charge in [-0.1, -0.05) is 12.1 Å². The molecular formula is C13H16N2O3. The van der Waals surface area contributed by atoms with Crippen molar-refractivity contribution in [3.05, 3.63) is 29.8 Å². The van der Waals surface area contributed by atoms with Crippen LogP contribution in [0.25, 0.3) is 0 Å². The molecule has 0 bridgehead atoms. The lowest BCUT2D eigenvalue weighted by Gasteiger charge is -2.34. The molecule has 1 aliphatic rings. The third-order valence-corrected chi connectivity index (χ3v) is 3.17. The number of benzene rings is 1. The number of anilines is 1. The van der Waals surface area contributed by atoms with Crippen molar-refractivity contribution in [1.82, 2.24) is 4.90 Å². The van der Waals surface area contributed by atoms with E-state index in [4.69, 9.17) is 5.11 Å². The molecular weight excluding hydrogens is 232 g/mol. The van der Waals surface area contributed by atoms with Crippen LogP contribution in [0.2, 0.25) is 0 Å². The van der Waals surface area contributed by atoms with Gasteiger partial charge in [-0.25, -0.2) is 4.79 Å². The molecule has 0 unspecified atom stereocenters. The van der Waals surface area contributed by atoms with Crippen LogP contribution in [0.3, 0.4) is 0 Å². The number of carboxylic acids is 1. The zero-order valence-electron chi connectivity index (χ0n) is 10.3. The van der Waals surface area contributed by atoms with Crippen LogP contribution in [-0.2, 0) is 4.79 Å². The lowest BCUT2D eigenvalue weighted by atomic mass is 10.1. The summed E-state index contributed by atoms with van der Waals surface area (Å²) >= 11 is 0. The lowest BCUT2D eigenvalue weighted by molar-refractivity contribution is -0.131. The summed E-state index contributed by atoms with van der Waals surface area (Å²) in [4.78, 5) is 26.5. The molecule has 18 heavy (non-hydrogen) atoms. The summed E-state index contributed by atoms with van der Waals surface area (Å²) in [5, 5.41) is 8.70. The molecule has 2 rings (SSSR count). The smallest absolute Gasteiger partial charge is 0.377 e. The second kappa shape index (κ2) is 5.18. The molecule has 5 heteroatoms. The molecule has 0 saturated carbocycles. The van der Waals surface area contributed by atoms with Crippen LogP contribution in [0.5, 0.6) is 0 Å². The van der Waals surface area contributed by atoms with Crippen LogP contribution in [0.1, 0.15) is 10.4 Å². The molecule has 1 aliphatic heterocycles. The molecule has 1 fully saturated rings. The fourth-order valence-corrected chi connectivity index (χ4v) is 2.03. The van der Waals surface area contributed by atoms with E-state index < -0.39 is 11.8 Å². The maximum Gasteiger partial charge on any atom is 0.377 e. The van der Waals surface area contributed by atoms with Gasteiger partial charge in [-0.2, -0.15) is 0 Å². The molecule has 1 saturated heterocycles. The van der Waals surface area contributed by atoms with Crippen molar-refractivity contribution < 1.29 is 14.7 Å². The molecule has 0 spiro atoms. The van der Waals surface area contributed by atoms with Gasteiger partial charge in [0.05, 0.1) is 0 Å². The standard InChI is InChI=1S/C13H16N2O3/c1-14-5-7-15(8-6-14)11-4-2-3-10(9-11)12(16)13(17)18/h2-4,9H,5-8H2,1H3,(H,17,18). The molecule has 96 valence electrons. The minimum atomic E-state index is -1.41.